The minimum absolute atomic E-state index is 0.0522. The molecular weight excluding hydrogens is 256 g/mol. The highest BCUT2D eigenvalue weighted by atomic mass is 15.1. The summed E-state index contributed by atoms with van der Waals surface area (Å²) in [7, 11) is 4.11. The van der Waals surface area contributed by atoms with Crippen molar-refractivity contribution in [3.05, 3.63) is 65.2 Å². The fourth-order valence-electron chi connectivity index (χ4n) is 2.43. The Labute approximate surface area is 128 Å². The molecule has 0 bridgehead atoms. The number of hydrogen-bond donors (Lipinski definition) is 1. The first-order valence-corrected chi connectivity index (χ1v) is 7.59. The summed E-state index contributed by atoms with van der Waals surface area (Å²) in [6.45, 7) is 4.42. The molecule has 0 heterocycles. The Morgan fingerprint density at radius 1 is 0.857 bits per heavy atom. The Kier molecular flexibility index (Phi) is 5.03. The van der Waals surface area contributed by atoms with Crippen LogP contribution in [0.1, 0.15) is 42.5 Å². The lowest BCUT2D eigenvalue weighted by Gasteiger charge is -2.16. The van der Waals surface area contributed by atoms with Gasteiger partial charge in [-0.15, -0.1) is 0 Å². The highest BCUT2D eigenvalue weighted by Gasteiger charge is 2.08. The minimum Gasteiger partial charge on any atom is -0.378 e. The molecule has 0 radical (unpaired) electrons. The zero-order chi connectivity index (χ0) is 15.4. The summed E-state index contributed by atoms with van der Waals surface area (Å²) in [5.41, 5.74) is 11.4. The molecule has 2 nitrogen and oxygen atoms in total. The second kappa shape index (κ2) is 6.77. The molecule has 2 aromatic rings. The molecule has 112 valence electrons. The van der Waals surface area contributed by atoms with Crippen LogP contribution in [-0.2, 0) is 6.42 Å². The van der Waals surface area contributed by atoms with E-state index in [2.05, 4.69) is 81.4 Å². The van der Waals surface area contributed by atoms with Gasteiger partial charge in [0.05, 0.1) is 0 Å². The van der Waals surface area contributed by atoms with Crippen LogP contribution < -0.4 is 10.6 Å². The highest BCUT2D eigenvalue weighted by molar-refractivity contribution is 5.46. The van der Waals surface area contributed by atoms with Gasteiger partial charge in [-0.1, -0.05) is 50.2 Å². The topological polar surface area (TPSA) is 29.3 Å². The maximum Gasteiger partial charge on any atom is 0.0361 e. The summed E-state index contributed by atoms with van der Waals surface area (Å²) in [6.07, 6.45) is 0.870. The molecule has 0 amide bonds. The lowest BCUT2D eigenvalue weighted by atomic mass is 9.96. The summed E-state index contributed by atoms with van der Waals surface area (Å²) in [5, 5.41) is 0. The Morgan fingerprint density at radius 3 is 1.86 bits per heavy atom. The van der Waals surface area contributed by atoms with Crippen molar-refractivity contribution in [1.82, 2.24) is 0 Å². The normalized spacial score (nSPS) is 12.5. The van der Waals surface area contributed by atoms with E-state index in [1.807, 2.05) is 0 Å². The van der Waals surface area contributed by atoms with Crippen molar-refractivity contribution in [2.75, 3.05) is 19.0 Å². The first-order valence-electron chi connectivity index (χ1n) is 7.59. The smallest absolute Gasteiger partial charge is 0.0361 e. The third-order valence-corrected chi connectivity index (χ3v) is 3.94. The van der Waals surface area contributed by atoms with Crippen molar-refractivity contribution in [2.45, 2.75) is 32.2 Å². The summed E-state index contributed by atoms with van der Waals surface area (Å²) in [5.74, 6) is 0.564. The average Bonchev–Trinajstić information content (AvgIpc) is 2.47. The molecule has 0 saturated carbocycles. The van der Waals surface area contributed by atoms with Gasteiger partial charge < -0.3 is 10.6 Å². The van der Waals surface area contributed by atoms with Crippen molar-refractivity contribution in [2.24, 2.45) is 5.73 Å². The van der Waals surface area contributed by atoms with Gasteiger partial charge in [0, 0.05) is 25.8 Å². The SMILES string of the molecule is CC(C)c1ccc(C(N)Cc2ccc(N(C)C)cc2)cc1. The van der Waals surface area contributed by atoms with E-state index in [0.717, 1.165) is 6.42 Å². The average molecular weight is 282 g/mol. The number of rotatable bonds is 5. The third-order valence-electron chi connectivity index (χ3n) is 3.94. The van der Waals surface area contributed by atoms with Gasteiger partial charge in [0.25, 0.3) is 0 Å². The fourth-order valence-corrected chi connectivity index (χ4v) is 2.43. The van der Waals surface area contributed by atoms with Gasteiger partial charge in [0.15, 0.2) is 0 Å². The molecular formula is C19H26N2. The van der Waals surface area contributed by atoms with E-state index in [1.54, 1.807) is 0 Å². The number of nitrogens with zero attached hydrogens (tertiary/aromatic N) is 1. The molecule has 0 fully saturated rings. The Balaban J connectivity index is 2.04. The molecule has 1 unspecified atom stereocenters. The molecule has 0 aromatic heterocycles. The summed E-state index contributed by atoms with van der Waals surface area (Å²) >= 11 is 0. The molecule has 0 aliphatic heterocycles. The summed E-state index contributed by atoms with van der Waals surface area (Å²) in [6, 6.07) is 17.4. The highest BCUT2D eigenvalue weighted by Crippen LogP contribution is 2.21. The van der Waals surface area contributed by atoms with E-state index in [0.29, 0.717) is 5.92 Å². The molecule has 2 rings (SSSR count). The lowest BCUT2D eigenvalue weighted by Crippen LogP contribution is -2.13. The first-order chi connectivity index (χ1) is 9.97. The molecule has 0 saturated heterocycles. The van der Waals surface area contributed by atoms with E-state index in [1.165, 1.54) is 22.4 Å². The van der Waals surface area contributed by atoms with E-state index in [4.69, 9.17) is 5.73 Å². The van der Waals surface area contributed by atoms with E-state index < -0.39 is 0 Å². The fraction of sp³-hybridized carbons (Fsp3) is 0.368. The van der Waals surface area contributed by atoms with Gasteiger partial charge in [-0.05, 0) is 41.2 Å². The van der Waals surface area contributed by atoms with Crippen LogP contribution in [-0.4, -0.2) is 14.1 Å². The van der Waals surface area contributed by atoms with Crippen molar-refractivity contribution in [1.29, 1.82) is 0 Å². The quantitative estimate of drug-likeness (QED) is 0.894. The van der Waals surface area contributed by atoms with E-state index >= 15 is 0 Å². The summed E-state index contributed by atoms with van der Waals surface area (Å²) < 4.78 is 0. The molecule has 21 heavy (non-hydrogen) atoms. The lowest BCUT2D eigenvalue weighted by molar-refractivity contribution is 0.720. The largest absolute Gasteiger partial charge is 0.378 e. The third kappa shape index (κ3) is 4.08. The molecule has 1 atom stereocenters. The number of benzene rings is 2. The van der Waals surface area contributed by atoms with Crippen LogP contribution in [0.15, 0.2) is 48.5 Å². The predicted octanol–water partition coefficient (Wildman–Crippen LogP) is 4.12. The maximum absolute atomic E-state index is 6.34. The van der Waals surface area contributed by atoms with Gasteiger partial charge in [-0.2, -0.15) is 0 Å². The second-order valence-corrected chi connectivity index (χ2v) is 6.19. The molecule has 0 aliphatic rings. The molecule has 2 aromatic carbocycles. The zero-order valence-corrected chi connectivity index (χ0v) is 13.5. The first kappa shape index (κ1) is 15.6. The van der Waals surface area contributed by atoms with Crippen molar-refractivity contribution < 1.29 is 0 Å². The van der Waals surface area contributed by atoms with Crippen molar-refractivity contribution in [3.63, 3.8) is 0 Å². The Hall–Kier alpha value is -1.80. The van der Waals surface area contributed by atoms with Crippen LogP contribution in [0.5, 0.6) is 0 Å². The predicted molar refractivity (Wildman–Crippen MR) is 91.9 cm³/mol. The van der Waals surface area contributed by atoms with Crippen LogP contribution in [0.2, 0.25) is 0 Å². The van der Waals surface area contributed by atoms with Crippen LogP contribution in [0.4, 0.5) is 5.69 Å². The van der Waals surface area contributed by atoms with Crippen molar-refractivity contribution in [3.8, 4) is 0 Å². The number of nitrogens with two attached hydrogens (primary N) is 1. The van der Waals surface area contributed by atoms with Gasteiger partial charge >= 0.3 is 0 Å². The van der Waals surface area contributed by atoms with E-state index in [-0.39, 0.29) is 6.04 Å². The molecule has 2 heteroatoms. The number of hydrogen-bond acceptors (Lipinski definition) is 2. The van der Waals surface area contributed by atoms with Gasteiger partial charge in [-0.25, -0.2) is 0 Å². The van der Waals surface area contributed by atoms with Gasteiger partial charge in [0.1, 0.15) is 0 Å². The standard InChI is InChI=1S/C19H26N2/c1-14(2)16-7-9-17(10-8-16)19(20)13-15-5-11-18(12-6-15)21(3)4/h5-12,14,19H,13,20H2,1-4H3. The Morgan fingerprint density at radius 2 is 1.38 bits per heavy atom. The van der Waals surface area contributed by atoms with E-state index in [9.17, 15) is 0 Å². The van der Waals surface area contributed by atoms with Gasteiger partial charge in [0.2, 0.25) is 0 Å². The molecule has 2 N–H and O–H groups in total. The monoisotopic (exact) mass is 282 g/mol. The second-order valence-electron chi connectivity index (χ2n) is 6.19. The molecule has 0 aliphatic carbocycles. The molecule has 0 spiro atoms. The van der Waals surface area contributed by atoms with Crippen molar-refractivity contribution >= 4 is 5.69 Å². The van der Waals surface area contributed by atoms with Crippen LogP contribution in [0, 0.1) is 0 Å². The summed E-state index contributed by atoms with van der Waals surface area (Å²) in [4.78, 5) is 2.11. The maximum atomic E-state index is 6.34. The van der Waals surface area contributed by atoms with Crippen LogP contribution >= 0.6 is 0 Å². The van der Waals surface area contributed by atoms with Gasteiger partial charge in [-0.3, -0.25) is 0 Å². The van der Waals surface area contributed by atoms with Crippen LogP contribution in [0.3, 0.4) is 0 Å². The Bertz CT molecular complexity index is 553. The zero-order valence-electron chi connectivity index (χ0n) is 13.5. The van der Waals surface area contributed by atoms with Crippen LogP contribution in [0.25, 0.3) is 0 Å². The minimum atomic E-state index is 0.0522. The number of anilines is 1.